The molecule has 0 amide bonds. The molecule has 118 valence electrons. The van der Waals surface area contributed by atoms with Crippen LogP contribution in [0.2, 0.25) is 0 Å². The fourth-order valence-corrected chi connectivity index (χ4v) is 3.82. The van der Waals surface area contributed by atoms with Gasteiger partial charge in [-0.25, -0.2) is 13.4 Å². The smallest absolute Gasteiger partial charge is 0.260 e. The van der Waals surface area contributed by atoms with Gasteiger partial charge in [-0.1, -0.05) is 19.9 Å². The quantitative estimate of drug-likeness (QED) is 0.816. The molecule has 1 aromatic rings. The molecule has 2 heterocycles. The minimum Gasteiger partial charge on any atom is -0.313 e. The number of piperidine rings is 1. The summed E-state index contributed by atoms with van der Waals surface area (Å²) in [7, 11) is -3.43. The molecule has 0 spiro atoms. The highest BCUT2D eigenvalue weighted by Crippen LogP contribution is 2.22. The van der Waals surface area contributed by atoms with Crippen LogP contribution in [0, 0.1) is 5.92 Å². The number of nitrogens with zero attached hydrogens (tertiary/aromatic N) is 2. The summed E-state index contributed by atoms with van der Waals surface area (Å²) in [6.45, 7) is 7.16. The van der Waals surface area contributed by atoms with Crippen molar-refractivity contribution in [1.82, 2.24) is 14.6 Å². The Morgan fingerprint density at radius 1 is 1.33 bits per heavy atom. The second kappa shape index (κ2) is 7.33. The highest BCUT2D eigenvalue weighted by molar-refractivity contribution is 7.89. The molecule has 0 unspecified atom stereocenters. The number of aromatic nitrogens is 1. The van der Waals surface area contributed by atoms with Crippen LogP contribution in [0.5, 0.6) is 0 Å². The molecule has 0 atom stereocenters. The van der Waals surface area contributed by atoms with Gasteiger partial charge in [0.05, 0.1) is 0 Å². The molecule has 0 radical (unpaired) electrons. The maximum Gasteiger partial charge on any atom is 0.260 e. The van der Waals surface area contributed by atoms with Gasteiger partial charge in [0.2, 0.25) is 0 Å². The minimum atomic E-state index is -3.43. The van der Waals surface area contributed by atoms with Crippen molar-refractivity contribution in [2.45, 2.75) is 44.7 Å². The molecule has 21 heavy (non-hydrogen) atoms. The second-order valence-electron chi connectivity index (χ2n) is 5.77. The SMILES string of the molecule is CCCNCc1ccc(S(=O)(=O)N2CCC(C)CC2)nc1. The summed E-state index contributed by atoms with van der Waals surface area (Å²) in [4.78, 5) is 4.15. The molecule has 2 rings (SSSR count). The molecule has 1 aromatic heterocycles. The average Bonchev–Trinajstić information content (AvgIpc) is 2.48. The third-order valence-corrected chi connectivity index (χ3v) is 5.72. The van der Waals surface area contributed by atoms with Crippen LogP contribution in [0.4, 0.5) is 0 Å². The first-order chi connectivity index (χ1) is 10.0. The monoisotopic (exact) mass is 311 g/mol. The first-order valence-electron chi connectivity index (χ1n) is 7.70. The maximum absolute atomic E-state index is 12.5. The van der Waals surface area contributed by atoms with Gasteiger partial charge in [0.25, 0.3) is 10.0 Å². The molecule has 1 aliphatic rings. The Bertz CT molecular complexity index is 535. The predicted molar refractivity (Wildman–Crippen MR) is 83.4 cm³/mol. The van der Waals surface area contributed by atoms with E-state index in [0.717, 1.165) is 37.9 Å². The van der Waals surface area contributed by atoms with Crippen LogP contribution in [0.1, 0.15) is 38.7 Å². The molecule has 1 N–H and O–H groups in total. The first-order valence-corrected chi connectivity index (χ1v) is 9.14. The number of hydrogen-bond acceptors (Lipinski definition) is 4. The number of pyridine rings is 1. The largest absolute Gasteiger partial charge is 0.313 e. The van der Waals surface area contributed by atoms with E-state index < -0.39 is 10.0 Å². The molecule has 0 saturated carbocycles. The Morgan fingerprint density at radius 3 is 2.62 bits per heavy atom. The van der Waals surface area contributed by atoms with Gasteiger partial charge in [0, 0.05) is 25.8 Å². The molecule has 0 bridgehead atoms. The Balaban J connectivity index is 2.03. The highest BCUT2D eigenvalue weighted by Gasteiger charge is 2.28. The van der Waals surface area contributed by atoms with Crippen LogP contribution in [-0.4, -0.2) is 37.3 Å². The first kappa shape index (κ1) is 16.4. The fourth-order valence-electron chi connectivity index (χ4n) is 2.44. The van der Waals surface area contributed by atoms with E-state index >= 15 is 0 Å². The third kappa shape index (κ3) is 4.25. The predicted octanol–water partition coefficient (Wildman–Crippen LogP) is 2.00. The molecule has 1 aliphatic heterocycles. The average molecular weight is 311 g/mol. The number of rotatable bonds is 6. The molecule has 0 aliphatic carbocycles. The van der Waals surface area contributed by atoms with Crippen LogP contribution in [-0.2, 0) is 16.6 Å². The maximum atomic E-state index is 12.5. The van der Waals surface area contributed by atoms with E-state index in [9.17, 15) is 8.42 Å². The zero-order valence-corrected chi connectivity index (χ0v) is 13.7. The minimum absolute atomic E-state index is 0.163. The summed E-state index contributed by atoms with van der Waals surface area (Å²) in [6, 6.07) is 3.46. The lowest BCUT2D eigenvalue weighted by Gasteiger charge is -2.29. The molecule has 1 saturated heterocycles. The van der Waals surface area contributed by atoms with Crippen molar-refractivity contribution in [2.24, 2.45) is 5.92 Å². The summed E-state index contributed by atoms with van der Waals surface area (Å²) in [5.41, 5.74) is 1.01. The van der Waals surface area contributed by atoms with E-state index in [-0.39, 0.29) is 5.03 Å². The van der Waals surface area contributed by atoms with Crippen molar-refractivity contribution in [1.29, 1.82) is 0 Å². The van der Waals surface area contributed by atoms with E-state index in [1.165, 1.54) is 0 Å². The summed E-state index contributed by atoms with van der Waals surface area (Å²) < 4.78 is 26.6. The highest BCUT2D eigenvalue weighted by atomic mass is 32.2. The van der Waals surface area contributed by atoms with Gasteiger partial charge in [-0.15, -0.1) is 0 Å². The van der Waals surface area contributed by atoms with Crippen molar-refractivity contribution < 1.29 is 8.42 Å². The fraction of sp³-hybridized carbons (Fsp3) is 0.667. The Labute approximate surface area is 127 Å². The Hall–Kier alpha value is -0.980. The van der Waals surface area contributed by atoms with E-state index in [1.54, 1.807) is 16.6 Å². The second-order valence-corrected chi connectivity index (χ2v) is 7.65. The molecule has 6 heteroatoms. The lowest BCUT2D eigenvalue weighted by atomic mass is 10.0. The van der Waals surface area contributed by atoms with Crippen LogP contribution < -0.4 is 5.32 Å². The zero-order chi connectivity index (χ0) is 15.3. The summed E-state index contributed by atoms with van der Waals surface area (Å²) >= 11 is 0. The molecular weight excluding hydrogens is 286 g/mol. The normalized spacial score (nSPS) is 18.0. The third-order valence-electron chi connectivity index (χ3n) is 3.90. The van der Waals surface area contributed by atoms with Crippen LogP contribution in [0.25, 0.3) is 0 Å². The summed E-state index contributed by atoms with van der Waals surface area (Å²) in [5.74, 6) is 0.608. The van der Waals surface area contributed by atoms with Gasteiger partial charge in [-0.05, 0) is 43.4 Å². The number of sulfonamides is 1. The van der Waals surface area contributed by atoms with E-state index in [1.807, 2.05) is 6.07 Å². The van der Waals surface area contributed by atoms with Gasteiger partial charge in [-0.2, -0.15) is 4.31 Å². The number of nitrogens with one attached hydrogen (secondary N) is 1. The molecule has 5 nitrogen and oxygen atoms in total. The lowest BCUT2D eigenvalue weighted by Crippen LogP contribution is -2.38. The summed E-state index contributed by atoms with van der Waals surface area (Å²) in [5, 5.41) is 3.44. The van der Waals surface area contributed by atoms with E-state index in [0.29, 0.717) is 19.0 Å². The summed E-state index contributed by atoms with van der Waals surface area (Å²) in [6.07, 6.45) is 4.59. The zero-order valence-electron chi connectivity index (χ0n) is 12.9. The van der Waals surface area contributed by atoms with Gasteiger partial charge < -0.3 is 5.32 Å². The van der Waals surface area contributed by atoms with E-state index in [4.69, 9.17) is 0 Å². The van der Waals surface area contributed by atoms with Crippen molar-refractivity contribution in [3.8, 4) is 0 Å². The van der Waals surface area contributed by atoms with Crippen molar-refractivity contribution in [3.05, 3.63) is 23.9 Å². The van der Waals surface area contributed by atoms with Gasteiger partial charge >= 0.3 is 0 Å². The van der Waals surface area contributed by atoms with Gasteiger partial charge in [0.15, 0.2) is 5.03 Å². The Kier molecular flexibility index (Phi) is 5.72. The van der Waals surface area contributed by atoms with Gasteiger partial charge in [0.1, 0.15) is 0 Å². The topological polar surface area (TPSA) is 62.3 Å². The van der Waals surface area contributed by atoms with Crippen LogP contribution >= 0.6 is 0 Å². The van der Waals surface area contributed by atoms with Crippen molar-refractivity contribution >= 4 is 10.0 Å². The standard InChI is InChI=1S/C15H25N3O2S/c1-3-8-16-11-14-4-5-15(17-12-14)21(19,20)18-9-6-13(2)7-10-18/h4-5,12-13,16H,3,6-11H2,1-2H3. The van der Waals surface area contributed by atoms with Gasteiger partial charge in [-0.3, -0.25) is 0 Å². The molecular formula is C15H25N3O2S. The lowest BCUT2D eigenvalue weighted by molar-refractivity contribution is 0.287. The number of hydrogen-bond donors (Lipinski definition) is 1. The Morgan fingerprint density at radius 2 is 2.05 bits per heavy atom. The van der Waals surface area contributed by atoms with Crippen LogP contribution in [0.3, 0.4) is 0 Å². The van der Waals surface area contributed by atoms with Crippen molar-refractivity contribution in [2.75, 3.05) is 19.6 Å². The molecule has 1 fully saturated rings. The van der Waals surface area contributed by atoms with Crippen LogP contribution in [0.15, 0.2) is 23.4 Å². The van der Waals surface area contributed by atoms with Crippen molar-refractivity contribution in [3.63, 3.8) is 0 Å². The van der Waals surface area contributed by atoms with E-state index in [2.05, 4.69) is 24.1 Å². The molecule has 0 aromatic carbocycles.